The van der Waals surface area contributed by atoms with Crippen molar-refractivity contribution in [2.24, 2.45) is 5.92 Å². The van der Waals surface area contributed by atoms with Crippen LogP contribution >= 0.6 is 0 Å². The van der Waals surface area contributed by atoms with Crippen molar-refractivity contribution in [1.29, 1.82) is 0 Å². The summed E-state index contributed by atoms with van der Waals surface area (Å²) in [7, 11) is 0. The van der Waals surface area contributed by atoms with Gasteiger partial charge in [-0.2, -0.15) is 0 Å². The Kier molecular flexibility index (Phi) is 4.73. The van der Waals surface area contributed by atoms with Crippen LogP contribution in [0.1, 0.15) is 60.2 Å². The average molecular weight is 361 g/mol. The SMILES string of the molecule is O=C(N[C@H](c1ncc[nH]1)C1CCC(F)(F)CC1)c1nonc1C(F)F. The van der Waals surface area contributed by atoms with E-state index in [4.69, 9.17) is 0 Å². The second-order valence-electron chi connectivity index (χ2n) is 5.92. The molecule has 136 valence electrons. The monoisotopic (exact) mass is 361 g/mol. The van der Waals surface area contributed by atoms with Gasteiger partial charge < -0.3 is 10.3 Å². The van der Waals surface area contributed by atoms with Crippen molar-refractivity contribution in [3.8, 4) is 0 Å². The van der Waals surface area contributed by atoms with Gasteiger partial charge in [0.25, 0.3) is 12.3 Å². The van der Waals surface area contributed by atoms with Crippen LogP contribution in [0.4, 0.5) is 17.6 Å². The fraction of sp³-hybridized carbons (Fsp3) is 0.571. The Hall–Kier alpha value is -2.46. The minimum atomic E-state index is -3.03. The lowest BCUT2D eigenvalue weighted by molar-refractivity contribution is -0.0497. The molecule has 2 aromatic heterocycles. The summed E-state index contributed by atoms with van der Waals surface area (Å²) >= 11 is 0. The lowest BCUT2D eigenvalue weighted by Gasteiger charge is -2.33. The van der Waals surface area contributed by atoms with Crippen LogP contribution in [0.2, 0.25) is 0 Å². The molecule has 0 spiro atoms. The number of imidazole rings is 1. The maximum absolute atomic E-state index is 13.4. The van der Waals surface area contributed by atoms with Gasteiger partial charge in [0.1, 0.15) is 5.82 Å². The van der Waals surface area contributed by atoms with Gasteiger partial charge in [-0.25, -0.2) is 27.2 Å². The van der Waals surface area contributed by atoms with Crippen LogP contribution in [-0.4, -0.2) is 32.1 Å². The molecule has 1 amide bonds. The molecule has 0 radical (unpaired) electrons. The van der Waals surface area contributed by atoms with Gasteiger partial charge in [-0.05, 0) is 29.1 Å². The van der Waals surface area contributed by atoms with E-state index in [0.29, 0.717) is 5.82 Å². The number of carbonyl (C=O) groups excluding carboxylic acids is 1. The summed E-state index contributed by atoms with van der Waals surface area (Å²) in [4.78, 5) is 19.2. The fourth-order valence-electron chi connectivity index (χ4n) is 2.96. The summed E-state index contributed by atoms with van der Waals surface area (Å²) in [5, 5.41) is 8.77. The summed E-state index contributed by atoms with van der Waals surface area (Å²) in [5.41, 5.74) is -1.50. The van der Waals surface area contributed by atoms with Gasteiger partial charge in [-0.3, -0.25) is 4.79 Å². The van der Waals surface area contributed by atoms with E-state index in [1.807, 2.05) is 0 Å². The van der Waals surface area contributed by atoms with E-state index in [-0.39, 0.29) is 31.6 Å². The Morgan fingerprint density at radius 3 is 2.64 bits per heavy atom. The standard InChI is InChI=1S/C14H15F4N5O2/c15-11(16)9-10(23-25-22-9)13(24)21-8(12-19-5-6-20-12)7-1-3-14(17,18)4-2-7/h5-8,11H,1-4H2,(H,19,20)(H,21,24)/t8-/m0/s1. The minimum Gasteiger partial charge on any atom is -0.347 e. The average Bonchev–Trinajstić information content (AvgIpc) is 3.24. The third-order valence-corrected chi connectivity index (χ3v) is 4.27. The number of aromatic nitrogens is 4. The number of hydrogen-bond donors (Lipinski definition) is 2. The Bertz CT molecular complexity index is 709. The largest absolute Gasteiger partial charge is 0.347 e. The number of H-pyrrole nitrogens is 1. The van der Waals surface area contributed by atoms with Crippen LogP contribution in [0.3, 0.4) is 0 Å². The number of carbonyl (C=O) groups is 1. The van der Waals surface area contributed by atoms with Crippen molar-refractivity contribution >= 4 is 5.91 Å². The number of aromatic amines is 1. The highest BCUT2D eigenvalue weighted by atomic mass is 19.3. The molecule has 0 bridgehead atoms. The van der Waals surface area contributed by atoms with Crippen LogP contribution in [0.25, 0.3) is 0 Å². The van der Waals surface area contributed by atoms with E-state index in [1.54, 1.807) is 0 Å². The van der Waals surface area contributed by atoms with Crippen molar-refractivity contribution in [2.45, 2.75) is 44.1 Å². The second kappa shape index (κ2) is 6.81. The van der Waals surface area contributed by atoms with E-state index in [0.717, 1.165) is 0 Å². The van der Waals surface area contributed by atoms with Crippen molar-refractivity contribution in [3.05, 3.63) is 29.6 Å². The molecule has 1 saturated carbocycles. The van der Waals surface area contributed by atoms with Gasteiger partial charge in [-0.1, -0.05) is 0 Å². The molecule has 0 aliphatic heterocycles. The molecule has 2 heterocycles. The molecule has 0 unspecified atom stereocenters. The van der Waals surface area contributed by atoms with Crippen LogP contribution < -0.4 is 5.32 Å². The van der Waals surface area contributed by atoms with Gasteiger partial charge in [0.2, 0.25) is 11.6 Å². The van der Waals surface area contributed by atoms with Gasteiger partial charge >= 0.3 is 0 Å². The van der Waals surface area contributed by atoms with Gasteiger partial charge in [0.05, 0.1) is 6.04 Å². The molecule has 1 aliphatic carbocycles. The molecule has 1 fully saturated rings. The highest BCUT2D eigenvalue weighted by molar-refractivity contribution is 5.93. The van der Waals surface area contributed by atoms with Crippen molar-refractivity contribution in [3.63, 3.8) is 0 Å². The number of alkyl halides is 4. The van der Waals surface area contributed by atoms with E-state index in [2.05, 4.69) is 30.2 Å². The molecule has 2 aromatic rings. The molecule has 3 rings (SSSR count). The Morgan fingerprint density at radius 2 is 2.04 bits per heavy atom. The zero-order valence-electron chi connectivity index (χ0n) is 12.9. The molecule has 0 aromatic carbocycles. The second-order valence-corrected chi connectivity index (χ2v) is 5.92. The van der Waals surface area contributed by atoms with E-state index < -0.39 is 35.7 Å². The number of rotatable bonds is 5. The highest BCUT2D eigenvalue weighted by Gasteiger charge is 2.40. The topological polar surface area (TPSA) is 96.7 Å². The molecule has 25 heavy (non-hydrogen) atoms. The predicted octanol–water partition coefficient (Wildman–Crippen LogP) is 3.03. The number of hydrogen-bond acceptors (Lipinski definition) is 5. The number of nitrogens with zero attached hydrogens (tertiary/aromatic N) is 3. The maximum atomic E-state index is 13.4. The van der Waals surface area contributed by atoms with Crippen LogP contribution in [-0.2, 0) is 0 Å². The Morgan fingerprint density at radius 1 is 1.32 bits per heavy atom. The lowest BCUT2D eigenvalue weighted by atomic mass is 9.81. The van der Waals surface area contributed by atoms with Crippen LogP contribution in [0.15, 0.2) is 17.0 Å². The zero-order valence-corrected chi connectivity index (χ0v) is 12.9. The van der Waals surface area contributed by atoms with Crippen molar-refractivity contribution < 1.29 is 27.0 Å². The smallest absolute Gasteiger partial charge is 0.286 e. The maximum Gasteiger partial charge on any atom is 0.286 e. The highest BCUT2D eigenvalue weighted by Crippen LogP contribution is 2.40. The molecule has 2 N–H and O–H groups in total. The Labute approximate surface area is 139 Å². The molecular formula is C14H15F4N5O2. The van der Waals surface area contributed by atoms with Crippen LogP contribution in [0, 0.1) is 5.92 Å². The van der Waals surface area contributed by atoms with Gasteiger partial charge in [-0.15, -0.1) is 0 Å². The van der Waals surface area contributed by atoms with Gasteiger partial charge in [0, 0.05) is 25.2 Å². The number of nitrogens with one attached hydrogen (secondary N) is 2. The summed E-state index contributed by atoms with van der Waals surface area (Å²) in [6, 6.07) is -0.735. The fourth-order valence-corrected chi connectivity index (χ4v) is 2.96. The predicted molar refractivity (Wildman–Crippen MR) is 75.0 cm³/mol. The lowest BCUT2D eigenvalue weighted by Crippen LogP contribution is -2.38. The van der Waals surface area contributed by atoms with Crippen molar-refractivity contribution in [1.82, 2.24) is 25.6 Å². The normalized spacial score (nSPS) is 19.1. The summed E-state index contributed by atoms with van der Waals surface area (Å²) < 4.78 is 56.6. The number of amides is 1. The van der Waals surface area contributed by atoms with E-state index in [1.165, 1.54) is 12.4 Å². The Balaban J connectivity index is 1.79. The van der Waals surface area contributed by atoms with Crippen molar-refractivity contribution in [2.75, 3.05) is 0 Å². The molecule has 7 nitrogen and oxygen atoms in total. The first-order valence-electron chi connectivity index (χ1n) is 7.66. The van der Waals surface area contributed by atoms with E-state index in [9.17, 15) is 22.4 Å². The first-order chi connectivity index (χ1) is 11.9. The number of halogens is 4. The molecule has 11 heteroatoms. The summed E-state index contributed by atoms with van der Waals surface area (Å²) in [6.45, 7) is 0. The first kappa shape index (κ1) is 17.4. The van der Waals surface area contributed by atoms with E-state index >= 15 is 0 Å². The molecular weight excluding hydrogens is 346 g/mol. The summed E-state index contributed by atoms with van der Waals surface area (Å²) in [6.07, 6.45) is -0.337. The molecule has 1 aliphatic rings. The molecule has 0 saturated heterocycles. The zero-order chi connectivity index (χ0) is 18.0. The quantitative estimate of drug-likeness (QED) is 0.798. The summed E-state index contributed by atoms with van der Waals surface area (Å²) in [5.74, 6) is -3.61. The van der Waals surface area contributed by atoms with Crippen LogP contribution in [0.5, 0.6) is 0 Å². The minimum absolute atomic E-state index is 0.164. The molecule has 1 atom stereocenters. The third-order valence-electron chi connectivity index (χ3n) is 4.27. The van der Waals surface area contributed by atoms with Gasteiger partial charge in [0.15, 0.2) is 5.69 Å². The third kappa shape index (κ3) is 3.80. The first-order valence-corrected chi connectivity index (χ1v) is 7.66.